The van der Waals surface area contributed by atoms with Gasteiger partial charge in [0.2, 0.25) is 5.88 Å². The van der Waals surface area contributed by atoms with Crippen molar-refractivity contribution in [1.29, 1.82) is 0 Å². The van der Waals surface area contributed by atoms with Crippen molar-refractivity contribution in [2.75, 3.05) is 0 Å². The number of aliphatic carboxylic acids is 1. The first kappa shape index (κ1) is 15.3. The minimum Gasteiger partial charge on any atom is -0.480 e. The summed E-state index contributed by atoms with van der Waals surface area (Å²) in [6.45, 7) is 1.42. The Hall–Kier alpha value is -2.11. The lowest BCUT2D eigenvalue weighted by Crippen LogP contribution is -2.38. The Morgan fingerprint density at radius 1 is 1.38 bits per heavy atom. The maximum Gasteiger partial charge on any atom is 0.325 e. The normalized spacial score (nSPS) is 17.0. The number of carboxylic acid groups (broad SMARTS) is 1. The van der Waals surface area contributed by atoms with Gasteiger partial charge in [0.25, 0.3) is 5.91 Å². The van der Waals surface area contributed by atoms with Gasteiger partial charge in [-0.2, -0.15) is 0 Å². The van der Waals surface area contributed by atoms with E-state index in [1.165, 1.54) is 25.6 Å². The van der Waals surface area contributed by atoms with Crippen LogP contribution in [-0.2, 0) is 4.79 Å². The molecule has 21 heavy (non-hydrogen) atoms. The molecule has 1 heterocycles. The van der Waals surface area contributed by atoms with Crippen LogP contribution in [0.2, 0.25) is 0 Å². The molecule has 0 radical (unpaired) electrons. The summed E-state index contributed by atoms with van der Waals surface area (Å²) >= 11 is 0. The Labute approximate surface area is 123 Å². The zero-order valence-corrected chi connectivity index (χ0v) is 12.0. The molecule has 1 aliphatic carbocycles. The fourth-order valence-corrected chi connectivity index (χ4v) is 2.31. The highest BCUT2D eigenvalue weighted by molar-refractivity contribution is 5.96. The molecule has 1 amide bonds. The first-order valence-corrected chi connectivity index (χ1v) is 7.22. The molecule has 1 fully saturated rings. The zero-order chi connectivity index (χ0) is 15.2. The average Bonchev–Trinajstić information content (AvgIpc) is 2.48. The maximum absolute atomic E-state index is 11.9. The molecule has 1 aliphatic rings. The fraction of sp³-hybridized carbons (Fsp3) is 0.533. The first-order chi connectivity index (χ1) is 10.1. The van der Waals surface area contributed by atoms with E-state index in [0.717, 1.165) is 25.7 Å². The smallest absolute Gasteiger partial charge is 0.325 e. The van der Waals surface area contributed by atoms with Gasteiger partial charge in [-0.05, 0) is 38.7 Å². The van der Waals surface area contributed by atoms with Gasteiger partial charge in [0.1, 0.15) is 12.1 Å². The van der Waals surface area contributed by atoms with Gasteiger partial charge in [0.15, 0.2) is 0 Å². The number of hydrogen-bond acceptors (Lipinski definition) is 4. The number of amides is 1. The van der Waals surface area contributed by atoms with Gasteiger partial charge < -0.3 is 15.2 Å². The van der Waals surface area contributed by atoms with E-state index >= 15 is 0 Å². The highest BCUT2D eigenvalue weighted by Gasteiger charge is 2.18. The second kappa shape index (κ2) is 7.06. The number of carboxylic acids is 1. The zero-order valence-electron chi connectivity index (χ0n) is 12.0. The summed E-state index contributed by atoms with van der Waals surface area (Å²) in [4.78, 5) is 26.8. The molecule has 0 saturated heterocycles. The molecule has 1 unspecified atom stereocenters. The number of pyridine rings is 1. The minimum atomic E-state index is -1.07. The number of carbonyl (C=O) groups is 2. The maximum atomic E-state index is 11.9. The van der Waals surface area contributed by atoms with E-state index in [1.54, 1.807) is 6.07 Å². The second-order valence-electron chi connectivity index (χ2n) is 5.29. The predicted octanol–water partition coefficient (Wildman–Crippen LogP) is 2.00. The molecule has 0 spiro atoms. The molecule has 0 aromatic carbocycles. The molecule has 1 atom stereocenters. The van der Waals surface area contributed by atoms with Crippen LogP contribution in [-0.4, -0.2) is 34.1 Å². The van der Waals surface area contributed by atoms with E-state index in [-0.39, 0.29) is 6.10 Å². The lowest BCUT2D eigenvalue weighted by atomic mass is 9.98. The van der Waals surface area contributed by atoms with Crippen LogP contribution in [0.15, 0.2) is 18.3 Å². The van der Waals surface area contributed by atoms with Crippen LogP contribution in [0.1, 0.15) is 49.4 Å². The molecule has 1 aromatic rings. The molecule has 0 aliphatic heterocycles. The summed E-state index contributed by atoms with van der Waals surface area (Å²) in [6.07, 6.45) is 7.22. The van der Waals surface area contributed by atoms with Crippen LogP contribution < -0.4 is 10.1 Å². The Morgan fingerprint density at radius 3 is 2.76 bits per heavy atom. The molecule has 2 rings (SSSR count). The van der Waals surface area contributed by atoms with Gasteiger partial charge in [-0.1, -0.05) is 6.42 Å². The van der Waals surface area contributed by atoms with E-state index in [4.69, 9.17) is 9.84 Å². The van der Waals surface area contributed by atoms with Crippen molar-refractivity contribution in [3.63, 3.8) is 0 Å². The van der Waals surface area contributed by atoms with E-state index < -0.39 is 17.9 Å². The van der Waals surface area contributed by atoms with Crippen LogP contribution in [0, 0.1) is 0 Å². The molecule has 1 saturated carbocycles. The van der Waals surface area contributed by atoms with Crippen molar-refractivity contribution in [3.8, 4) is 5.88 Å². The summed E-state index contributed by atoms with van der Waals surface area (Å²) in [5, 5.41) is 11.2. The lowest BCUT2D eigenvalue weighted by Gasteiger charge is -2.22. The van der Waals surface area contributed by atoms with E-state index in [0.29, 0.717) is 11.4 Å². The van der Waals surface area contributed by atoms with Crippen LogP contribution in [0.25, 0.3) is 0 Å². The van der Waals surface area contributed by atoms with E-state index in [1.807, 2.05) is 0 Å². The van der Waals surface area contributed by atoms with Crippen molar-refractivity contribution in [2.24, 2.45) is 0 Å². The summed E-state index contributed by atoms with van der Waals surface area (Å²) in [7, 11) is 0. The molecular weight excluding hydrogens is 272 g/mol. The molecule has 6 heteroatoms. The SMILES string of the molecule is CC(NC(=O)c1ccnc(OC2CCCCC2)c1)C(=O)O. The third-order valence-electron chi connectivity index (χ3n) is 3.55. The molecule has 0 bridgehead atoms. The second-order valence-corrected chi connectivity index (χ2v) is 5.29. The topological polar surface area (TPSA) is 88.5 Å². The van der Waals surface area contributed by atoms with Gasteiger partial charge in [-0.3, -0.25) is 9.59 Å². The molecule has 6 nitrogen and oxygen atoms in total. The van der Waals surface area contributed by atoms with Crippen LogP contribution in [0.3, 0.4) is 0 Å². The van der Waals surface area contributed by atoms with E-state index in [2.05, 4.69) is 10.3 Å². The highest BCUT2D eigenvalue weighted by Crippen LogP contribution is 2.22. The number of hydrogen-bond donors (Lipinski definition) is 2. The van der Waals surface area contributed by atoms with Gasteiger partial charge in [0, 0.05) is 17.8 Å². The fourth-order valence-electron chi connectivity index (χ4n) is 2.31. The van der Waals surface area contributed by atoms with Crippen LogP contribution in [0.5, 0.6) is 5.88 Å². The summed E-state index contributed by atoms with van der Waals surface area (Å²) < 4.78 is 5.79. The largest absolute Gasteiger partial charge is 0.480 e. The number of carbonyl (C=O) groups excluding carboxylic acids is 1. The monoisotopic (exact) mass is 292 g/mol. The van der Waals surface area contributed by atoms with Crippen molar-refractivity contribution >= 4 is 11.9 Å². The standard InChI is InChI=1S/C15H20N2O4/c1-10(15(19)20)17-14(18)11-7-8-16-13(9-11)21-12-5-3-2-4-6-12/h7-10,12H,2-6H2,1H3,(H,17,18)(H,19,20). The van der Waals surface area contributed by atoms with Crippen molar-refractivity contribution in [3.05, 3.63) is 23.9 Å². The summed E-state index contributed by atoms with van der Waals surface area (Å²) in [6, 6.07) is 2.16. The summed E-state index contributed by atoms with van der Waals surface area (Å²) in [5.41, 5.74) is 0.351. The number of ether oxygens (including phenoxy) is 1. The first-order valence-electron chi connectivity index (χ1n) is 7.22. The predicted molar refractivity (Wildman–Crippen MR) is 76.3 cm³/mol. The third kappa shape index (κ3) is 4.44. The van der Waals surface area contributed by atoms with Gasteiger partial charge >= 0.3 is 5.97 Å². The van der Waals surface area contributed by atoms with Gasteiger partial charge in [-0.25, -0.2) is 4.98 Å². The number of nitrogens with zero attached hydrogens (tertiary/aromatic N) is 1. The Morgan fingerprint density at radius 2 is 2.10 bits per heavy atom. The minimum absolute atomic E-state index is 0.155. The Kier molecular flexibility index (Phi) is 5.14. The number of rotatable bonds is 5. The highest BCUT2D eigenvalue weighted by atomic mass is 16.5. The quantitative estimate of drug-likeness (QED) is 0.866. The number of aromatic nitrogens is 1. The third-order valence-corrected chi connectivity index (χ3v) is 3.55. The Bertz CT molecular complexity index is 512. The number of nitrogens with one attached hydrogen (secondary N) is 1. The van der Waals surface area contributed by atoms with Crippen molar-refractivity contribution in [2.45, 2.75) is 51.2 Å². The van der Waals surface area contributed by atoms with Gasteiger partial charge in [0.05, 0.1) is 0 Å². The van der Waals surface area contributed by atoms with E-state index in [9.17, 15) is 9.59 Å². The van der Waals surface area contributed by atoms with Crippen LogP contribution >= 0.6 is 0 Å². The van der Waals surface area contributed by atoms with Crippen molar-refractivity contribution in [1.82, 2.24) is 10.3 Å². The van der Waals surface area contributed by atoms with Crippen LogP contribution in [0.4, 0.5) is 0 Å². The molecule has 2 N–H and O–H groups in total. The Balaban J connectivity index is 1.99. The molecule has 1 aromatic heterocycles. The van der Waals surface area contributed by atoms with Gasteiger partial charge in [-0.15, -0.1) is 0 Å². The summed E-state index contributed by atoms with van der Waals surface area (Å²) in [5.74, 6) is -1.10. The molecular formula is C15H20N2O4. The lowest BCUT2D eigenvalue weighted by molar-refractivity contribution is -0.138. The molecule has 114 valence electrons. The average molecular weight is 292 g/mol. The van der Waals surface area contributed by atoms with Crippen molar-refractivity contribution < 1.29 is 19.4 Å².